The van der Waals surface area contributed by atoms with Crippen LogP contribution < -0.4 is 5.32 Å². The highest BCUT2D eigenvalue weighted by atomic mass is 16.6. The first-order valence-electron chi connectivity index (χ1n) is 8.21. The van der Waals surface area contributed by atoms with E-state index in [1.165, 1.54) is 25.5 Å². The fraction of sp³-hybridized carbons (Fsp3) is 0.316. The normalized spacial score (nSPS) is 15.6. The van der Waals surface area contributed by atoms with Crippen molar-refractivity contribution in [1.82, 2.24) is 9.97 Å². The molecule has 0 amide bonds. The molecule has 124 valence electrons. The summed E-state index contributed by atoms with van der Waals surface area (Å²) in [6.45, 7) is 2.04. The number of aromatic amines is 1. The molecule has 0 radical (unpaired) electrons. The quantitative estimate of drug-likeness (QED) is 0.617. The van der Waals surface area contributed by atoms with Crippen LogP contribution in [0.3, 0.4) is 0 Å². The van der Waals surface area contributed by atoms with Gasteiger partial charge in [0.25, 0.3) is 0 Å². The number of hydrogen-bond donors (Lipinski definition) is 3. The van der Waals surface area contributed by atoms with E-state index in [-0.39, 0.29) is 0 Å². The minimum absolute atomic E-state index is 0.577. The Labute approximate surface area is 140 Å². The highest BCUT2D eigenvalue weighted by Gasteiger charge is 2.26. The summed E-state index contributed by atoms with van der Waals surface area (Å²) in [7, 11) is 1.49. The van der Waals surface area contributed by atoms with E-state index in [1.54, 1.807) is 0 Å². The summed E-state index contributed by atoms with van der Waals surface area (Å²) in [6, 6.07) is 10.2. The molecule has 24 heavy (non-hydrogen) atoms. The maximum Gasteiger partial charge on any atom is 0.184 e. The van der Waals surface area contributed by atoms with E-state index in [1.807, 2.05) is 31.3 Å². The standard InChI is InChI=1S/C19H21N3O2/c1-11-7-13-8-15(5-6-17(13)21-11)22-18-16(19(23)24-2)9-14(10-20-18)12-3-4-12/h5-10,12,19,21,23H,3-4H2,1-2H3,(H,20,22). The smallest absolute Gasteiger partial charge is 0.184 e. The lowest BCUT2D eigenvalue weighted by atomic mass is 10.1. The maximum absolute atomic E-state index is 10.2. The third-order valence-corrected chi connectivity index (χ3v) is 4.49. The summed E-state index contributed by atoms with van der Waals surface area (Å²) in [5.74, 6) is 1.20. The topological polar surface area (TPSA) is 70.2 Å². The molecule has 1 aromatic carbocycles. The van der Waals surface area contributed by atoms with Crippen LogP contribution in [-0.4, -0.2) is 22.2 Å². The molecule has 3 N–H and O–H groups in total. The lowest BCUT2D eigenvalue weighted by Gasteiger charge is -2.16. The predicted molar refractivity (Wildman–Crippen MR) is 94.5 cm³/mol. The Bertz CT molecular complexity index is 883. The van der Waals surface area contributed by atoms with Crippen LogP contribution in [0.5, 0.6) is 0 Å². The molecular weight excluding hydrogens is 302 g/mol. The number of aliphatic hydroxyl groups excluding tert-OH is 1. The van der Waals surface area contributed by atoms with Crippen molar-refractivity contribution in [3.63, 3.8) is 0 Å². The number of fused-ring (bicyclic) bond motifs is 1. The molecule has 1 unspecified atom stereocenters. The number of rotatable bonds is 5. The zero-order chi connectivity index (χ0) is 16.7. The number of aryl methyl sites for hydroxylation is 1. The van der Waals surface area contributed by atoms with Crippen molar-refractivity contribution in [1.29, 1.82) is 0 Å². The first kappa shape index (κ1) is 15.2. The van der Waals surface area contributed by atoms with Gasteiger partial charge in [0, 0.05) is 35.6 Å². The van der Waals surface area contributed by atoms with E-state index in [0.717, 1.165) is 22.3 Å². The van der Waals surface area contributed by atoms with Crippen LogP contribution in [0.15, 0.2) is 36.5 Å². The van der Waals surface area contributed by atoms with E-state index >= 15 is 0 Å². The molecule has 5 heteroatoms. The van der Waals surface area contributed by atoms with Gasteiger partial charge in [0.1, 0.15) is 5.82 Å². The van der Waals surface area contributed by atoms with Crippen LogP contribution >= 0.6 is 0 Å². The molecule has 0 aliphatic heterocycles. The Morgan fingerprint density at radius 3 is 2.88 bits per heavy atom. The number of nitrogens with one attached hydrogen (secondary N) is 2. The molecule has 1 atom stereocenters. The van der Waals surface area contributed by atoms with Gasteiger partial charge in [-0.05, 0) is 61.6 Å². The second-order valence-electron chi connectivity index (χ2n) is 6.45. The van der Waals surface area contributed by atoms with Gasteiger partial charge in [-0.3, -0.25) is 0 Å². The van der Waals surface area contributed by atoms with Crippen molar-refractivity contribution in [2.24, 2.45) is 0 Å². The molecule has 1 aliphatic carbocycles. The van der Waals surface area contributed by atoms with Crippen LogP contribution in [0.1, 0.15) is 41.9 Å². The number of anilines is 2. The molecule has 4 rings (SSSR count). The van der Waals surface area contributed by atoms with Gasteiger partial charge in [0.05, 0.1) is 5.56 Å². The SMILES string of the molecule is COC(O)c1cc(C2CC2)cnc1Nc1ccc2[nH]c(C)cc2c1. The van der Waals surface area contributed by atoms with Crippen molar-refractivity contribution >= 4 is 22.4 Å². The zero-order valence-corrected chi connectivity index (χ0v) is 13.8. The van der Waals surface area contributed by atoms with E-state index < -0.39 is 6.29 Å². The monoisotopic (exact) mass is 323 g/mol. The molecule has 5 nitrogen and oxygen atoms in total. The molecule has 0 saturated heterocycles. The lowest BCUT2D eigenvalue weighted by molar-refractivity contribution is -0.0766. The molecule has 3 aromatic rings. The Hall–Kier alpha value is -2.37. The van der Waals surface area contributed by atoms with Gasteiger partial charge in [-0.15, -0.1) is 0 Å². The number of ether oxygens (including phenoxy) is 1. The largest absolute Gasteiger partial charge is 0.364 e. The van der Waals surface area contributed by atoms with Crippen LogP contribution in [0.4, 0.5) is 11.5 Å². The third-order valence-electron chi connectivity index (χ3n) is 4.49. The molecule has 0 spiro atoms. The summed E-state index contributed by atoms with van der Waals surface area (Å²) in [5.41, 5.74) is 5.00. The average Bonchev–Trinajstić information content (AvgIpc) is 3.36. The first-order valence-corrected chi connectivity index (χ1v) is 8.21. The number of benzene rings is 1. The molecule has 1 saturated carbocycles. The summed E-state index contributed by atoms with van der Waals surface area (Å²) < 4.78 is 5.11. The number of aromatic nitrogens is 2. The molecule has 2 heterocycles. The maximum atomic E-state index is 10.2. The van der Waals surface area contributed by atoms with Crippen molar-refractivity contribution in [2.45, 2.75) is 32.0 Å². The Morgan fingerprint density at radius 1 is 1.29 bits per heavy atom. The number of nitrogens with zero attached hydrogens (tertiary/aromatic N) is 1. The number of aliphatic hydroxyl groups is 1. The van der Waals surface area contributed by atoms with Crippen LogP contribution in [-0.2, 0) is 4.74 Å². The van der Waals surface area contributed by atoms with E-state index in [0.29, 0.717) is 17.3 Å². The van der Waals surface area contributed by atoms with Crippen LogP contribution in [0.25, 0.3) is 10.9 Å². The van der Waals surface area contributed by atoms with E-state index in [2.05, 4.69) is 27.4 Å². The second-order valence-corrected chi connectivity index (χ2v) is 6.45. The minimum Gasteiger partial charge on any atom is -0.364 e. The van der Waals surface area contributed by atoms with E-state index in [9.17, 15) is 5.11 Å². The van der Waals surface area contributed by atoms with Crippen LogP contribution in [0.2, 0.25) is 0 Å². The van der Waals surface area contributed by atoms with Gasteiger partial charge < -0.3 is 20.1 Å². The molecule has 1 aliphatic rings. The first-order chi connectivity index (χ1) is 11.6. The second kappa shape index (κ2) is 5.92. The molecule has 0 bridgehead atoms. The van der Waals surface area contributed by atoms with Crippen molar-refractivity contribution in [3.8, 4) is 0 Å². The number of pyridine rings is 1. The van der Waals surface area contributed by atoms with Gasteiger partial charge in [0.15, 0.2) is 6.29 Å². The van der Waals surface area contributed by atoms with Crippen molar-refractivity contribution in [3.05, 3.63) is 53.3 Å². The number of methoxy groups -OCH3 is 1. The van der Waals surface area contributed by atoms with Crippen LogP contribution in [0, 0.1) is 6.92 Å². The highest BCUT2D eigenvalue weighted by molar-refractivity contribution is 5.84. The van der Waals surface area contributed by atoms with Gasteiger partial charge in [-0.2, -0.15) is 0 Å². The van der Waals surface area contributed by atoms with Gasteiger partial charge in [0.2, 0.25) is 0 Å². The van der Waals surface area contributed by atoms with Crippen molar-refractivity contribution < 1.29 is 9.84 Å². The predicted octanol–water partition coefficient (Wildman–Crippen LogP) is 4.13. The Kier molecular flexibility index (Phi) is 3.75. The summed E-state index contributed by atoms with van der Waals surface area (Å²) in [6.07, 6.45) is 3.29. The zero-order valence-electron chi connectivity index (χ0n) is 13.8. The number of H-pyrrole nitrogens is 1. The van der Waals surface area contributed by atoms with Gasteiger partial charge in [-0.1, -0.05) is 0 Å². The third kappa shape index (κ3) is 2.88. The number of hydrogen-bond acceptors (Lipinski definition) is 4. The summed E-state index contributed by atoms with van der Waals surface area (Å²) in [4.78, 5) is 7.84. The molecule has 1 fully saturated rings. The summed E-state index contributed by atoms with van der Waals surface area (Å²) >= 11 is 0. The minimum atomic E-state index is -0.989. The summed E-state index contributed by atoms with van der Waals surface area (Å²) in [5, 5.41) is 14.6. The average molecular weight is 323 g/mol. The Balaban J connectivity index is 1.68. The fourth-order valence-electron chi connectivity index (χ4n) is 3.05. The van der Waals surface area contributed by atoms with Gasteiger partial charge >= 0.3 is 0 Å². The van der Waals surface area contributed by atoms with Crippen molar-refractivity contribution in [2.75, 3.05) is 12.4 Å². The lowest BCUT2D eigenvalue weighted by Crippen LogP contribution is -2.07. The van der Waals surface area contributed by atoms with E-state index in [4.69, 9.17) is 4.74 Å². The molecular formula is C19H21N3O2. The Morgan fingerprint density at radius 2 is 2.12 bits per heavy atom. The molecule has 2 aromatic heterocycles. The highest BCUT2D eigenvalue weighted by Crippen LogP contribution is 2.41. The van der Waals surface area contributed by atoms with Gasteiger partial charge in [-0.25, -0.2) is 4.98 Å². The fourth-order valence-corrected chi connectivity index (χ4v) is 3.05.